The minimum absolute atomic E-state index is 0.233. The summed E-state index contributed by atoms with van der Waals surface area (Å²) in [6, 6.07) is 16.7. The molecule has 28 heavy (non-hydrogen) atoms. The van der Waals surface area contributed by atoms with Gasteiger partial charge in [-0.1, -0.05) is 30.3 Å². The van der Waals surface area contributed by atoms with Crippen molar-refractivity contribution in [2.45, 2.75) is 31.6 Å². The van der Waals surface area contributed by atoms with Crippen LogP contribution in [0.4, 0.5) is 5.69 Å². The van der Waals surface area contributed by atoms with Crippen molar-refractivity contribution in [2.75, 3.05) is 31.1 Å². The van der Waals surface area contributed by atoms with Crippen molar-refractivity contribution in [3.63, 3.8) is 0 Å². The van der Waals surface area contributed by atoms with Crippen LogP contribution in [0.25, 0.3) is 10.2 Å². The number of aryl methyl sites for hydroxylation is 1. The Morgan fingerprint density at radius 3 is 2.86 bits per heavy atom. The lowest BCUT2D eigenvalue weighted by atomic mass is 9.98. The molecule has 144 valence electrons. The predicted molar refractivity (Wildman–Crippen MR) is 115 cm³/mol. The Morgan fingerprint density at radius 1 is 1.07 bits per heavy atom. The van der Waals surface area contributed by atoms with Crippen molar-refractivity contribution in [2.24, 2.45) is 0 Å². The van der Waals surface area contributed by atoms with E-state index in [1.54, 1.807) is 0 Å². The van der Waals surface area contributed by atoms with Crippen molar-refractivity contribution < 1.29 is 4.79 Å². The lowest BCUT2D eigenvalue weighted by Gasteiger charge is -2.35. The number of para-hydroxylation sites is 2. The minimum atomic E-state index is 0.233. The monoisotopic (exact) mass is 391 g/mol. The number of thiazole rings is 1. The Labute approximate surface area is 169 Å². The van der Waals surface area contributed by atoms with Gasteiger partial charge in [0, 0.05) is 24.7 Å². The summed E-state index contributed by atoms with van der Waals surface area (Å²) in [5.41, 5.74) is 3.51. The number of benzene rings is 2. The fourth-order valence-corrected chi connectivity index (χ4v) is 5.63. The zero-order valence-corrected chi connectivity index (χ0v) is 16.8. The fourth-order valence-electron chi connectivity index (χ4n) is 4.53. The number of hydrogen-bond acceptors (Lipinski definition) is 4. The molecule has 1 saturated heterocycles. The van der Waals surface area contributed by atoms with E-state index in [0.717, 1.165) is 56.5 Å². The quantitative estimate of drug-likeness (QED) is 0.662. The van der Waals surface area contributed by atoms with E-state index in [1.165, 1.54) is 15.3 Å². The highest BCUT2D eigenvalue weighted by atomic mass is 32.1. The molecule has 4 nitrogen and oxygen atoms in total. The van der Waals surface area contributed by atoms with Gasteiger partial charge in [0.25, 0.3) is 0 Å². The van der Waals surface area contributed by atoms with Gasteiger partial charge in [0.05, 0.1) is 21.8 Å². The third kappa shape index (κ3) is 3.45. The van der Waals surface area contributed by atoms with Gasteiger partial charge in [0.15, 0.2) is 0 Å². The number of piperidine rings is 1. The number of aromatic nitrogens is 1. The summed E-state index contributed by atoms with van der Waals surface area (Å²) in [7, 11) is 0. The average Bonchev–Trinajstić information content (AvgIpc) is 3.18. The van der Waals surface area contributed by atoms with Gasteiger partial charge in [-0.2, -0.15) is 0 Å². The molecule has 5 rings (SSSR count). The second-order valence-electron chi connectivity index (χ2n) is 7.87. The Morgan fingerprint density at radius 2 is 1.93 bits per heavy atom. The van der Waals surface area contributed by atoms with Crippen molar-refractivity contribution in [3.05, 3.63) is 59.1 Å². The third-order valence-corrected chi connectivity index (χ3v) is 7.13. The van der Waals surface area contributed by atoms with Crippen LogP contribution in [0.15, 0.2) is 48.5 Å². The van der Waals surface area contributed by atoms with Crippen molar-refractivity contribution >= 4 is 33.1 Å². The Balaban J connectivity index is 1.29. The first kappa shape index (κ1) is 17.8. The highest BCUT2D eigenvalue weighted by Gasteiger charge is 2.28. The van der Waals surface area contributed by atoms with E-state index in [1.807, 2.05) is 28.4 Å². The van der Waals surface area contributed by atoms with Crippen LogP contribution in [0.2, 0.25) is 0 Å². The molecule has 0 radical (unpaired) electrons. The summed E-state index contributed by atoms with van der Waals surface area (Å²) < 4.78 is 1.26. The van der Waals surface area contributed by atoms with Crippen LogP contribution in [-0.4, -0.2) is 42.0 Å². The summed E-state index contributed by atoms with van der Waals surface area (Å²) in [6.07, 6.45) is 4.42. The van der Waals surface area contributed by atoms with Crippen LogP contribution in [0.3, 0.4) is 0 Å². The largest absolute Gasteiger partial charge is 0.311 e. The molecule has 3 aromatic rings. The maximum atomic E-state index is 13.1. The van der Waals surface area contributed by atoms with E-state index in [0.29, 0.717) is 12.5 Å². The van der Waals surface area contributed by atoms with E-state index in [2.05, 4.69) is 41.3 Å². The molecule has 1 fully saturated rings. The molecule has 0 spiro atoms. The molecule has 0 aliphatic carbocycles. The molecule has 5 heteroatoms. The molecule has 2 aromatic carbocycles. The number of hydrogen-bond donors (Lipinski definition) is 0. The number of anilines is 1. The van der Waals surface area contributed by atoms with Crippen molar-refractivity contribution in [1.29, 1.82) is 0 Å². The second kappa shape index (κ2) is 7.64. The number of amides is 1. The highest BCUT2D eigenvalue weighted by molar-refractivity contribution is 7.18. The topological polar surface area (TPSA) is 36.4 Å². The number of carbonyl (C=O) groups is 1. The Kier molecular flexibility index (Phi) is 4.87. The lowest BCUT2D eigenvalue weighted by molar-refractivity contribution is -0.120. The van der Waals surface area contributed by atoms with Crippen LogP contribution in [0, 0.1) is 0 Å². The van der Waals surface area contributed by atoms with E-state index in [-0.39, 0.29) is 5.91 Å². The Hall–Kier alpha value is -2.24. The molecule has 2 aliphatic rings. The average molecular weight is 392 g/mol. The fraction of sp³-hybridized carbons (Fsp3) is 0.391. The predicted octanol–water partition coefficient (Wildman–Crippen LogP) is 4.46. The zero-order valence-electron chi connectivity index (χ0n) is 16.0. The first-order valence-corrected chi connectivity index (χ1v) is 11.1. The van der Waals surface area contributed by atoms with Gasteiger partial charge in [-0.15, -0.1) is 11.3 Å². The summed E-state index contributed by atoms with van der Waals surface area (Å²) in [5.74, 6) is 0.671. The van der Waals surface area contributed by atoms with E-state index >= 15 is 0 Å². The van der Waals surface area contributed by atoms with Gasteiger partial charge in [0.2, 0.25) is 5.91 Å². The number of nitrogens with zero attached hydrogens (tertiary/aromatic N) is 3. The van der Waals surface area contributed by atoms with Gasteiger partial charge >= 0.3 is 0 Å². The summed E-state index contributed by atoms with van der Waals surface area (Å²) in [4.78, 5) is 22.3. The summed E-state index contributed by atoms with van der Waals surface area (Å²) in [6.45, 7) is 3.28. The number of rotatable bonds is 3. The molecule has 3 heterocycles. The SMILES string of the molecule is O=C(CN1CCCC(c2nc3ccccc3s2)C1)N1CCCc2ccccc21. The second-order valence-corrected chi connectivity index (χ2v) is 8.93. The minimum Gasteiger partial charge on any atom is -0.311 e. The van der Waals surface area contributed by atoms with Gasteiger partial charge in [-0.25, -0.2) is 4.98 Å². The zero-order chi connectivity index (χ0) is 18.9. The first-order chi connectivity index (χ1) is 13.8. The molecular formula is C23H25N3OS. The molecule has 1 atom stereocenters. The molecule has 1 amide bonds. The van der Waals surface area contributed by atoms with E-state index in [4.69, 9.17) is 4.98 Å². The van der Waals surface area contributed by atoms with Crippen LogP contribution >= 0.6 is 11.3 Å². The highest BCUT2D eigenvalue weighted by Crippen LogP contribution is 2.33. The maximum Gasteiger partial charge on any atom is 0.241 e. The molecule has 2 aliphatic heterocycles. The molecule has 0 saturated carbocycles. The molecule has 0 N–H and O–H groups in total. The molecule has 0 bridgehead atoms. The van der Waals surface area contributed by atoms with Crippen LogP contribution < -0.4 is 4.90 Å². The third-order valence-electron chi connectivity index (χ3n) is 5.94. The number of likely N-dealkylation sites (tertiary alicyclic amines) is 1. The summed E-state index contributed by atoms with van der Waals surface area (Å²) >= 11 is 1.81. The van der Waals surface area contributed by atoms with E-state index < -0.39 is 0 Å². The molecule has 1 unspecified atom stereocenters. The maximum absolute atomic E-state index is 13.1. The lowest BCUT2D eigenvalue weighted by Crippen LogP contribution is -2.45. The van der Waals surface area contributed by atoms with Gasteiger partial charge in [0.1, 0.15) is 0 Å². The normalized spacial score (nSPS) is 20.3. The van der Waals surface area contributed by atoms with Crippen molar-refractivity contribution in [1.82, 2.24) is 9.88 Å². The number of carbonyl (C=O) groups excluding carboxylic acids is 1. The van der Waals surface area contributed by atoms with Crippen LogP contribution in [-0.2, 0) is 11.2 Å². The van der Waals surface area contributed by atoms with Gasteiger partial charge in [-0.05, 0) is 56.0 Å². The Bertz CT molecular complexity index is 965. The van der Waals surface area contributed by atoms with E-state index in [9.17, 15) is 4.79 Å². The van der Waals surface area contributed by atoms with Gasteiger partial charge in [-0.3, -0.25) is 9.69 Å². The first-order valence-electron chi connectivity index (χ1n) is 10.2. The van der Waals surface area contributed by atoms with Gasteiger partial charge < -0.3 is 4.90 Å². The molecular weight excluding hydrogens is 366 g/mol. The van der Waals surface area contributed by atoms with Crippen molar-refractivity contribution in [3.8, 4) is 0 Å². The van der Waals surface area contributed by atoms with Crippen LogP contribution in [0.5, 0.6) is 0 Å². The number of fused-ring (bicyclic) bond motifs is 2. The van der Waals surface area contributed by atoms with Crippen LogP contribution in [0.1, 0.15) is 35.8 Å². The molecule has 1 aromatic heterocycles. The standard InChI is InChI=1S/C23H25N3OS/c27-22(26-14-6-8-17-7-1-3-11-20(17)26)16-25-13-5-9-18(15-25)23-24-19-10-2-4-12-21(19)28-23/h1-4,7,10-12,18H,5-6,8-9,13-16H2. The smallest absolute Gasteiger partial charge is 0.241 e. The summed E-state index contributed by atoms with van der Waals surface area (Å²) in [5, 5.41) is 1.22.